The number of nitrogens with zero attached hydrogens (tertiary/aromatic N) is 2. The first kappa shape index (κ1) is 13.0. The van der Waals surface area contributed by atoms with E-state index in [1.54, 1.807) is 13.1 Å². The SMILES string of the molecule is CC(=O)c1ccc(N(CCO)C2CCCC2)nc1. The van der Waals surface area contributed by atoms with E-state index >= 15 is 0 Å². The van der Waals surface area contributed by atoms with Crippen LogP contribution in [-0.4, -0.2) is 35.1 Å². The molecule has 1 saturated carbocycles. The molecule has 1 aliphatic rings. The summed E-state index contributed by atoms with van der Waals surface area (Å²) in [6.45, 7) is 2.28. The molecule has 1 aliphatic carbocycles. The van der Waals surface area contributed by atoms with Crippen LogP contribution in [0.15, 0.2) is 18.3 Å². The lowest BCUT2D eigenvalue weighted by Gasteiger charge is -2.29. The van der Waals surface area contributed by atoms with E-state index in [0.29, 0.717) is 18.2 Å². The van der Waals surface area contributed by atoms with Crippen LogP contribution in [0.25, 0.3) is 0 Å². The van der Waals surface area contributed by atoms with Crippen molar-refractivity contribution in [2.24, 2.45) is 0 Å². The number of carbonyl (C=O) groups excluding carboxylic acids is 1. The highest BCUT2D eigenvalue weighted by Gasteiger charge is 2.23. The summed E-state index contributed by atoms with van der Waals surface area (Å²) in [7, 11) is 0. The molecular formula is C14H20N2O2. The van der Waals surface area contributed by atoms with Gasteiger partial charge in [0.15, 0.2) is 5.78 Å². The highest BCUT2D eigenvalue weighted by molar-refractivity contribution is 5.93. The van der Waals surface area contributed by atoms with Crippen molar-refractivity contribution in [1.29, 1.82) is 0 Å². The Balaban J connectivity index is 2.16. The van der Waals surface area contributed by atoms with E-state index in [-0.39, 0.29) is 12.4 Å². The van der Waals surface area contributed by atoms with Gasteiger partial charge in [-0.05, 0) is 31.9 Å². The van der Waals surface area contributed by atoms with Crippen molar-refractivity contribution in [2.75, 3.05) is 18.1 Å². The predicted molar refractivity (Wildman–Crippen MR) is 70.9 cm³/mol. The third-order valence-electron chi connectivity index (χ3n) is 3.56. The fraction of sp³-hybridized carbons (Fsp3) is 0.571. The van der Waals surface area contributed by atoms with Crippen molar-refractivity contribution in [1.82, 2.24) is 4.98 Å². The number of anilines is 1. The van der Waals surface area contributed by atoms with Crippen LogP contribution in [0.1, 0.15) is 43.0 Å². The normalized spacial score (nSPS) is 15.9. The number of hydrogen-bond acceptors (Lipinski definition) is 4. The van der Waals surface area contributed by atoms with Crippen LogP contribution in [-0.2, 0) is 0 Å². The lowest BCUT2D eigenvalue weighted by atomic mass is 10.2. The van der Waals surface area contributed by atoms with E-state index in [4.69, 9.17) is 0 Å². The van der Waals surface area contributed by atoms with Gasteiger partial charge in [-0.25, -0.2) is 4.98 Å². The molecule has 4 heteroatoms. The molecule has 2 rings (SSSR count). The van der Waals surface area contributed by atoms with Gasteiger partial charge in [0, 0.05) is 24.3 Å². The van der Waals surface area contributed by atoms with Gasteiger partial charge in [-0.2, -0.15) is 0 Å². The molecule has 0 unspecified atom stereocenters. The predicted octanol–water partition coefficient (Wildman–Crippen LogP) is 2.03. The zero-order valence-electron chi connectivity index (χ0n) is 10.8. The van der Waals surface area contributed by atoms with Gasteiger partial charge in [-0.1, -0.05) is 12.8 Å². The third kappa shape index (κ3) is 2.88. The van der Waals surface area contributed by atoms with Crippen molar-refractivity contribution in [2.45, 2.75) is 38.6 Å². The Labute approximate surface area is 108 Å². The highest BCUT2D eigenvalue weighted by Crippen LogP contribution is 2.26. The highest BCUT2D eigenvalue weighted by atomic mass is 16.3. The van der Waals surface area contributed by atoms with Crippen LogP contribution >= 0.6 is 0 Å². The summed E-state index contributed by atoms with van der Waals surface area (Å²) in [5.74, 6) is 0.893. The molecule has 98 valence electrons. The summed E-state index contributed by atoms with van der Waals surface area (Å²) in [6, 6.07) is 4.17. The van der Waals surface area contributed by atoms with E-state index in [1.807, 2.05) is 12.1 Å². The first-order chi connectivity index (χ1) is 8.72. The second-order valence-corrected chi connectivity index (χ2v) is 4.82. The average Bonchev–Trinajstić information content (AvgIpc) is 2.90. The molecule has 0 saturated heterocycles. The molecular weight excluding hydrogens is 228 g/mol. The zero-order chi connectivity index (χ0) is 13.0. The van der Waals surface area contributed by atoms with E-state index in [9.17, 15) is 9.90 Å². The van der Waals surface area contributed by atoms with Gasteiger partial charge in [0.2, 0.25) is 0 Å². The van der Waals surface area contributed by atoms with Gasteiger partial charge in [0.25, 0.3) is 0 Å². The first-order valence-electron chi connectivity index (χ1n) is 6.57. The van der Waals surface area contributed by atoms with Gasteiger partial charge in [0.05, 0.1) is 6.61 Å². The third-order valence-corrected chi connectivity index (χ3v) is 3.56. The molecule has 1 N–H and O–H groups in total. The Bertz CT molecular complexity index is 397. The number of aromatic nitrogens is 1. The fourth-order valence-corrected chi connectivity index (χ4v) is 2.57. The molecule has 0 amide bonds. The van der Waals surface area contributed by atoms with Crippen LogP contribution in [0.4, 0.5) is 5.82 Å². The Morgan fingerprint density at radius 3 is 2.67 bits per heavy atom. The summed E-state index contributed by atoms with van der Waals surface area (Å²) in [4.78, 5) is 17.7. The molecule has 0 bridgehead atoms. The molecule has 4 nitrogen and oxygen atoms in total. The Morgan fingerprint density at radius 2 is 2.17 bits per heavy atom. The van der Waals surface area contributed by atoms with Crippen molar-refractivity contribution in [3.63, 3.8) is 0 Å². The van der Waals surface area contributed by atoms with Crippen molar-refractivity contribution < 1.29 is 9.90 Å². The zero-order valence-corrected chi connectivity index (χ0v) is 10.8. The standard InChI is InChI=1S/C14H20N2O2/c1-11(18)12-6-7-14(15-10-12)16(8-9-17)13-4-2-3-5-13/h6-7,10,13,17H,2-5,8-9H2,1H3. The van der Waals surface area contributed by atoms with Crippen LogP contribution in [0.5, 0.6) is 0 Å². The monoisotopic (exact) mass is 248 g/mol. The lowest BCUT2D eigenvalue weighted by Crippen LogP contribution is -2.36. The molecule has 18 heavy (non-hydrogen) atoms. The van der Waals surface area contributed by atoms with Gasteiger partial charge in [-0.15, -0.1) is 0 Å². The maximum atomic E-state index is 11.2. The molecule has 0 aliphatic heterocycles. The maximum Gasteiger partial charge on any atom is 0.161 e. The minimum absolute atomic E-state index is 0.0311. The Morgan fingerprint density at radius 1 is 1.44 bits per heavy atom. The van der Waals surface area contributed by atoms with Crippen LogP contribution in [0.2, 0.25) is 0 Å². The summed E-state index contributed by atoms with van der Waals surface area (Å²) < 4.78 is 0. The largest absolute Gasteiger partial charge is 0.395 e. The number of aliphatic hydroxyl groups excluding tert-OH is 1. The van der Waals surface area contributed by atoms with Gasteiger partial charge in [0.1, 0.15) is 5.82 Å². The maximum absolute atomic E-state index is 11.2. The minimum Gasteiger partial charge on any atom is -0.395 e. The minimum atomic E-state index is 0.0311. The molecule has 0 atom stereocenters. The summed E-state index contributed by atoms with van der Waals surface area (Å²) in [5, 5.41) is 9.18. The van der Waals surface area contributed by atoms with Crippen LogP contribution < -0.4 is 4.90 Å². The molecule has 1 aromatic rings. The number of pyridine rings is 1. The molecule has 0 spiro atoms. The number of Topliss-reactive ketones (excluding diaryl/α,β-unsaturated/α-hetero) is 1. The summed E-state index contributed by atoms with van der Waals surface area (Å²) in [6.07, 6.45) is 6.44. The lowest BCUT2D eigenvalue weighted by molar-refractivity contribution is 0.101. The van der Waals surface area contributed by atoms with Crippen molar-refractivity contribution >= 4 is 11.6 Å². The number of carbonyl (C=O) groups is 1. The van der Waals surface area contributed by atoms with E-state index in [0.717, 1.165) is 18.7 Å². The average molecular weight is 248 g/mol. The van der Waals surface area contributed by atoms with Gasteiger partial charge < -0.3 is 10.0 Å². The second kappa shape index (κ2) is 5.96. The van der Waals surface area contributed by atoms with Crippen LogP contribution in [0.3, 0.4) is 0 Å². The second-order valence-electron chi connectivity index (χ2n) is 4.82. The number of rotatable bonds is 5. The number of aliphatic hydroxyl groups is 1. The molecule has 1 fully saturated rings. The fourth-order valence-electron chi connectivity index (χ4n) is 2.57. The number of hydrogen-bond donors (Lipinski definition) is 1. The van der Waals surface area contributed by atoms with Crippen molar-refractivity contribution in [3.05, 3.63) is 23.9 Å². The summed E-state index contributed by atoms with van der Waals surface area (Å²) >= 11 is 0. The molecule has 0 aromatic carbocycles. The Kier molecular flexibility index (Phi) is 4.31. The first-order valence-corrected chi connectivity index (χ1v) is 6.57. The van der Waals surface area contributed by atoms with Gasteiger partial charge in [-0.3, -0.25) is 4.79 Å². The van der Waals surface area contributed by atoms with E-state index < -0.39 is 0 Å². The Hall–Kier alpha value is -1.42. The molecule has 1 aromatic heterocycles. The van der Waals surface area contributed by atoms with E-state index in [2.05, 4.69) is 9.88 Å². The number of ketones is 1. The topological polar surface area (TPSA) is 53.4 Å². The smallest absolute Gasteiger partial charge is 0.161 e. The van der Waals surface area contributed by atoms with E-state index in [1.165, 1.54) is 12.8 Å². The van der Waals surface area contributed by atoms with Crippen LogP contribution in [0, 0.1) is 0 Å². The molecule has 1 heterocycles. The quantitative estimate of drug-likeness (QED) is 0.810. The van der Waals surface area contributed by atoms with Gasteiger partial charge >= 0.3 is 0 Å². The van der Waals surface area contributed by atoms with Crippen molar-refractivity contribution in [3.8, 4) is 0 Å². The summed E-state index contributed by atoms with van der Waals surface area (Å²) in [5.41, 5.74) is 0.633. The molecule has 0 radical (unpaired) electrons.